The number of methoxy groups -OCH3 is 1. The summed E-state index contributed by atoms with van der Waals surface area (Å²) in [5, 5.41) is 27.9. The van der Waals surface area contributed by atoms with E-state index in [0.29, 0.717) is 16.1 Å². The predicted octanol–water partition coefficient (Wildman–Crippen LogP) is 4.75. The Labute approximate surface area is 264 Å². The maximum Gasteiger partial charge on any atom is 0.286 e. The van der Waals surface area contributed by atoms with Crippen LogP contribution in [0.25, 0.3) is 11.4 Å². The SMILES string of the molecule is COc1cc(-c2nnnn2S(=O)(=O)c2ccc(C(C)(C)C)cc2)ccc1OCC(O)(Cn1cncn1)c1ccc(Cl)cc1Cl. The van der Waals surface area contributed by atoms with E-state index in [2.05, 4.69) is 25.6 Å². The van der Waals surface area contributed by atoms with Crippen molar-refractivity contribution in [3.8, 4) is 22.9 Å². The van der Waals surface area contributed by atoms with Crippen molar-refractivity contribution in [2.24, 2.45) is 0 Å². The van der Waals surface area contributed by atoms with E-state index in [1.807, 2.05) is 20.8 Å². The van der Waals surface area contributed by atoms with Gasteiger partial charge in [0.05, 0.1) is 18.6 Å². The third-order valence-electron chi connectivity index (χ3n) is 6.90. The molecular weight excluding hydrogens is 629 g/mol. The summed E-state index contributed by atoms with van der Waals surface area (Å²) in [6.45, 7) is 5.84. The first-order chi connectivity index (χ1) is 20.8. The number of tetrazole rings is 1. The molecule has 0 aliphatic heterocycles. The quantitative estimate of drug-likeness (QED) is 0.223. The fourth-order valence-electron chi connectivity index (χ4n) is 4.52. The van der Waals surface area contributed by atoms with Gasteiger partial charge in [0.25, 0.3) is 10.0 Å². The molecule has 5 aromatic rings. The molecule has 2 heterocycles. The standard InChI is InChI=1S/C29H29Cl2N7O5S/c1-28(2,3)20-6-9-22(10-7-20)44(40,41)38-27(34-35-36-38)19-5-12-25(26(13-19)42-4)43-16-29(39,15-37-18-32-17-33-37)23-11-8-21(30)14-24(23)31/h5-14,17-18,39H,15-16H2,1-4H3. The van der Waals surface area contributed by atoms with Crippen molar-refractivity contribution in [2.75, 3.05) is 13.7 Å². The van der Waals surface area contributed by atoms with Crippen molar-refractivity contribution in [3.63, 3.8) is 0 Å². The lowest BCUT2D eigenvalue weighted by molar-refractivity contribution is -0.0274. The van der Waals surface area contributed by atoms with E-state index in [0.717, 1.165) is 9.65 Å². The highest BCUT2D eigenvalue weighted by Gasteiger charge is 2.34. The summed E-state index contributed by atoms with van der Waals surface area (Å²) in [5.41, 5.74) is -0.0854. The van der Waals surface area contributed by atoms with Crippen LogP contribution < -0.4 is 9.47 Å². The summed E-state index contributed by atoms with van der Waals surface area (Å²) in [6.07, 6.45) is 2.81. The van der Waals surface area contributed by atoms with Gasteiger partial charge in [0, 0.05) is 21.2 Å². The number of ether oxygens (including phenoxy) is 2. The first-order valence-electron chi connectivity index (χ1n) is 13.3. The van der Waals surface area contributed by atoms with E-state index in [9.17, 15) is 13.5 Å². The number of rotatable bonds is 10. The van der Waals surface area contributed by atoms with Gasteiger partial charge in [0.1, 0.15) is 24.9 Å². The van der Waals surface area contributed by atoms with Crippen LogP contribution in [0.2, 0.25) is 10.0 Å². The predicted molar refractivity (Wildman–Crippen MR) is 163 cm³/mol. The highest BCUT2D eigenvalue weighted by atomic mass is 35.5. The van der Waals surface area contributed by atoms with E-state index in [4.69, 9.17) is 32.7 Å². The van der Waals surface area contributed by atoms with Crippen LogP contribution in [0.4, 0.5) is 0 Å². The van der Waals surface area contributed by atoms with Gasteiger partial charge in [-0.15, -0.1) is 9.19 Å². The van der Waals surface area contributed by atoms with Gasteiger partial charge in [0.15, 0.2) is 17.3 Å². The molecule has 0 fully saturated rings. The van der Waals surface area contributed by atoms with Crippen LogP contribution in [0.5, 0.6) is 11.5 Å². The minimum Gasteiger partial charge on any atom is -0.493 e. The molecule has 0 radical (unpaired) electrons. The second kappa shape index (κ2) is 12.2. The van der Waals surface area contributed by atoms with E-state index >= 15 is 0 Å². The van der Waals surface area contributed by atoms with E-state index in [-0.39, 0.29) is 45.8 Å². The van der Waals surface area contributed by atoms with E-state index in [1.165, 1.54) is 42.6 Å². The second-order valence-electron chi connectivity index (χ2n) is 11.0. The number of hydrogen-bond acceptors (Lipinski definition) is 10. The zero-order valence-corrected chi connectivity index (χ0v) is 26.5. The Hall–Kier alpha value is -4.04. The monoisotopic (exact) mass is 657 g/mol. The fraction of sp³-hybridized carbons (Fsp3) is 0.276. The largest absolute Gasteiger partial charge is 0.493 e. The van der Waals surface area contributed by atoms with E-state index in [1.54, 1.807) is 42.5 Å². The lowest BCUT2D eigenvalue weighted by Crippen LogP contribution is -2.38. The highest BCUT2D eigenvalue weighted by molar-refractivity contribution is 7.90. The minimum absolute atomic E-state index is 0.0228. The Kier molecular flexibility index (Phi) is 8.67. The average Bonchev–Trinajstić information content (AvgIpc) is 3.68. The van der Waals surface area contributed by atoms with Crippen molar-refractivity contribution in [3.05, 3.63) is 94.5 Å². The smallest absolute Gasteiger partial charge is 0.286 e. The molecule has 0 aliphatic carbocycles. The molecule has 0 spiro atoms. The number of halogens is 2. The van der Waals surface area contributed by atoms with Crippen molar-refractivity contribution in [2.45, 2.75) is 43.2 Å². The Balaban J connectivity index is 1.44. The van der Waals surface area contributed by atoms with Crippen LogP contribution in [-0.2, 0) is 27.6 Å². The summed E-state index contributed by atoms with van der Waals surface area (Å²) in [7, 11) is -2.69. The van der Waals surface area contributed by atoms with E-state index < -0.39 is 15.6 Å². The van der Waals surface area contributed by atoms with Crippen molar-refractivity contribution in [1.82, 2.24) is 34.4 Å². The molecule has 2 aromatic heterocycles. The van der Waals surface area contributed by atoms with Crippen LogP contribution in [0.3, 0.4) is 0 Å². The van der Waals surface area contributed by atoms with Crippen LogP contribution in [0.15, 0.2) is 78.2 Å². The minimum atomic E-state index is -4.12. The van der Waals surface area contributed by atoms with Crippen LogP contribution in [0.1, 0.15) is 31.9 Å². The topological polar surface area (TPSA) is 147 Å². The first kappa shape index (κ1) is 31.4. The summed E-state index contributed by atoms with van der Waals surface area (Å²) < 4.78 is 40.8. The average molecular weight is 659 g/mol. The van der Waals surface area contributed by atoms with Crippen molar-refractivity contribution < 1.29 is 23.0 Å². The molecule has 0 amide bonds. The van der Waals surface area contributed by atoms with Gasteiger partial charge in [-0.25, -0.2) is 9.67 Å². The molecule has 5 rings (SSSR count). The Morgan fingerprint density at radius 1 is 0.977 bits per heavy atom. The summed E-state index contributed by atoms with van der Waals surface area (Å²) >= 11 is 12.5. The molecule has 0 aliphatic rings. The van der Waals surface area contributed by atoms with Gasteiger partial charge in [-0.2, -0.15) is 13.5 Å². The third-order valence-corrected chi connectivity index (χ3v) is 9.02. The number of hydrogen-bond donors (Lipinski definition) is 1. The molecular formula is C29H29Cl2N7O5S. The maximum absolute atomic E-state index is 13.5. The van der Waals surface area contributed by atoms with Crippen LogP contribution in [0, 0.1) is 0 Å². The van der Waals surface area contributed by atoms with Gasteiger partial charge in [0.2, 0.25) is 0 Å². The third kappa shape index (κ3) is 6.41. The molecule has 15 heteroatoms. The van der Waals surface area contributed by atoms with Crippen LogP contribution in [-0.4, -0.2) is 61.6 Å². The molecule has 0 saturated heterocycles. The zero-order chi connectivity index (χ0) is 31.7. The van der Waals surface area contributed by atoms with Crippen LogP contribution >= 0.6 is 23.2 Å². The summed E-state index contributed by atoms with van der Waals surface area (Å²) in [5.74, 6) is 0.484. The maximum atomic E-state index is 13.5. The summed E-state index contributed by atoms with van der Waals surface area (Å²) in [6, 6.07) is 16.1. The van der Waals surface area contributed by atoms with Gasteiger partial charge < -0.3 is 14.6 Å². The second-order valence-corrected chi connectivity index (χ2v) is 13.6. The molecule has 44 heavy (non-hydrogen) atoms. The molecule has 1 atom stereocenters. The fourth-order valence-corrected chi connectivity index (χ4v) is 6.28. The Morgan fingerprint density at radius 2 is 1.73 bits per heavy atom. The molecule has 1 unspecified atom stereocenters. The number of nitrogens with zero attached hydrogens (tertiary/aromatic N) is 7. The van der Waals surface area contributed by atoms with Gasteiger partial charge in [-0.1, -0.05) is 62.2 Å². The number of aliphatic hydroxyl groups is 1. The molecule has 12 nitrogen and oxygen atoms in total. The lowest BCUT2D eigenvalue weighted by atomic mass is 9.87. The molecule has 0 saturated carbocycles. The highest BCUT2D eigenvalue weighted by Crippen LogP contribution is 2.36. The lowest BCUT2D eigenvalue weighted by Gasteiger charge is -2.29. The van der Waals surface area contributed by atoms with Gasteiger partial charge >= 0.3 is 0 Å². The Morgan fingerprint density at radius 3 is 2.36 bits per heavy atom. The Bertz CT molecular complexity index is 1880. The molecule has 1 N–H and O–H groups in total. The number of aromatic nitrogens is 7. The molecule has 0 bridgehead atoms. The first-order valence-corrected chi connectivity index (χ1v) is 15.5. The molecule has 3 aromatic carbocycles. The van der Waals surface area contributed by atoms with Crippen molar-refractivity contribution in [1.29, 1.82) is 0 Å². The number of benzene rings is 3. The zero-order valence-electron chi connectivity index (χ0n) is 24.2. The van der Waals surface area contributed by atoms with Gasteiger partial charge in [-0.05, 0) is 63.9 Å². The summed E-state index contributed by atoms with van der Waals surface area (Å²) in [4.78, 5) is 3.98. The normalized spacial score (nSPS) is 13.4. The van der Waals surface area contributed by atoms with Gasteiger partial charge in [-0.3, -0.25) is 0 Å². The van der Waals surface area contributed by atoms with Crippen molar-refractivity contribution >= 4 is 33.2 Å². The molecule has 230 valence electrons.